The molecule has 118 valence electrons. The third kappa shape index (κ3) is 3.45. The van der Waals surface area contributed by atoms with Gasteiger partial charge in [-0.05, 0) is 24.3 Å². The van der Waals surface area contributed by atoms with Crippen molar-refractivity contribution in [3.63, 3.8) is 0 Å². The van der Waals surface area contributed by atoms with Gasteiger partial charge in [0.05, 0.1) is 6.61 Å². The first-order valence-electron chi connectivity index (χ1n) is 6.63. The molecule has 0 radical (unpaired) electrons. The maximum atomic E-state index is 10.3. The molecule has 4 N–H and O–H groups in total. The molecule has 1 aromatic carbocycles. The Morgan fingerprint density at radius 3 is 2.29 bits per heavy atom. The maximum absolute atomic E-state index is 10.3. The van der Waals surface area contributed by atoms with Gasteiger partial charge in [0.15, 0.2) is 0 Å². The highest BCUT2D eigenvalue weighted by Crippen LogP contribution is 2.27. The lowest BCUT2D eigenvalue weighted by Crippen LogP contribution is -2.61. The molecular formula is C14H21NO6. The Kier molecular flexibility index (Phi) is 5.38. The minimum atomic E-state index is -1.06. The largest absolute Gasteiger partial charge is 0.462 e. The molecule has 1 fully saturated rings. The van der Waals surface area contributed by atoms with Crippen molar-refractivity contribution in [3.05, 3.63) is 24.3 Å². The van der Waals surface area contributed by atoms with E-state index in [0.717, 1.165) is 0 Å². The smallest absolute Gasteiger partial charge is 0.229 e. The fraction of sp³-hybridized carbons (Fsp3) is 0.571. The lowest BCUT2D eigenvalue weighted by atomic mass is 9.99. The molecule has 1 aromatic rings. The molecular weight excluding hydrogens is 278 g/mol. The Bertz CT molecular complexity index is 440. The summed E-state index contributed by atoms with van der Waals surface area (Å²) < 4.78 is 21.7. The van der Waals surface area contributed by atoms with E-state index in [9.17, 15) is 10.2 Å². The van der Waals surface area contributed by atoms with E-state index in [1.165, 1.54) is 14.2 Å². The number of hydrogen-bond acceptors (Lipinski definition) is 7. The number of ether oxygens (including phenoxy) is 4. The first-order chi connectivity index (χ1) is 10.1. The Balaban J connectivity index is 2.13. The lowest BCUT2D eigenvalue weighted by molar-refractivity contribution is -0.286. The number of rotatable bonds is 5. The van der Waals surface area contributed by atoms with Crippen molar-refractivity contribution in [1.29, 1.82) is 0 Å². The number of aliphatic hydroxyl groups excluding tert-OH is 2. The van der Waals surface area contributed by atoms with E-state index in [-0.39, 0.29) is 6.61 Å². The molecule has 0 saturated carbocycles. The zero-order valence-electron chi connectivity index (χ0n) is 12.0. The molecule has 1 aliphatic heterocycles. The Morgan fingerprint density at radius 1 is 1.14 bits per heavy atom. The van der Waals surface area contributed by atoms with Gasteiger partial charge in [0.25, 0.3) is 0 Å². The summed E-state index contributed by atoms with van der Waals surface area (Å²) in [6.07, 6.45) is -3.93. The van der Waals surface area contributed by atoms with Gasteiger partial charge in [-0.25, -0.2) is 0 Å². The van der Waals surface area contributed by atoms with Gasteiger partial charge in [0, 0.05) is 19.9 Å². The summed E-state index contributed by atoms with van der Waals surface area (Å²) in [6.45, 7) is -0.271. The number of methoxy groups -OCH3 is 2. The quantitative estimate of drug-likeness (QED) is 0.644. The number of anilines is 1. The van der Waals surface area contributed by atoms with Gasteiger partial charge in [-0.15, -0.1) is 0 Å². The van der Waals surface area contributed by atoms with E-state index < -0.39 is 30.7 Å². The molecule has 2 rings (SSSR count). The van der Waals surface area contributed by atoms with Crippen LogP contribution in [0.15, 0.2) is 24.3 Å². The van der Waals surface area contributed by atoms with Crippen molar-refractivity contribution in [3.8, 4) is 5.75 Å². The predicted octanol–water partition coefficient (Wildman–Crippen LogP) is -0.244. The van der Waals surface area contributed by atoms with Crippen LogP contribution in [-0.2, 0) is 14.2 Å². The highest BCUT2D eigenvalue weighted by Gasteiger charge is 2.46. The van der Waals surface area contributed by atoms with Crippen molar-refractivity contribution in [2.24, 2.45) is 0 Å². The molecule has 0 bridgehead atoms. The van der Waals surface area contributed by atoms with Gasteiger partial charge in [0.1, 0.15) is 30.2 Å². The Labute approximate surface area is 123 Å². The van der Waals surface area contributed by atoms with Gasteiger partial charge in [-0.1, -0.05) is 0 Å². The standard InChI is InChI=1S/C14H21NO6/c1-18-12-10(7-16)21-14(11(17)13(12)19-2)20-9-5-3-8(15)4-6-9/h3-6,10-14,16-17H,7,15H2,1-2H3. The van der Waals surface area contributed by atoms with Crippen LogP contribution in [-0.4, -0.2) is 61.7 Å². The van der Waals surface area contributed by atoms with Crippen LogP contribution in [0.5, 0.6) is 5.75 Å². The second-order valence-corrected chi connectivity index (χ2v) is 4.80. The minimum absolute atomic E-state index is 0.271. The maximum Gasteiger partial charge on any atom is 0.229 e. The summed E-state index contributed by atoms with van der Waals surface area (Å²) in [7, 11) is 2.93. The molecule has 5 atom stereocenters. The van der Waals surface area contributed by atoms with Crippen LogP contribution in [0.3, 0.4) is 0 Å². The predicted molar refractivity (Wildman–Crippen MR) is 74.8 cm³/mol. The molecule has 21 heavy (non-hydrogen) atoms. The van der Waals surface area contributed by atoms with Crippen LogP contribution in [0.1, 0.15) is 0 Å². The molecule has 0 spiro atoms. The van der Waals surface area contributed by atoms with Gasteiger partial charge in [-0.2, -0.15) is 0 Å². The summed E-state index contributed by atoms with van der Waals surface area (Å²) in [5.74, 6) is 0.496. The van der Waals surface area contributed by atoms with Gasteiger partial charge in [-0.3, -0.25) is 0 Å². The number of benzene rings is 1. The van der Waals surface area contributed by atoms with Gasteiger partial charge < -0.3 is 34.9 Å². The summed E-state index contributed by atoms with van der Waals surface area (Å²) in [5.41, 5.74) is 6.21. The number of aliphatic hydroxyl groups is 2. The fourth-order valence-corrected chi connectivity index (χ4v) is 2.38. The van der Waals surface area contributed by atoms with E-state index in [1.54, 1.807) is 24.3 Å². The third-order valence-electron chi connectivity index (χ3n) is 3.47. The average Bonchev–Trinajstić information content (AvgIpc) is 2.50. The van der Waals surface area contributed by atoms with Crippen LogP contribution in [0, 0.1) is 0 Å². The van der Waals surface area contributed by atoms with Crippen molar-refractivity contribution in [2.75, 3.05) is 26.6 Å². The lowest BCUT2D eigenvalue weighted by Gasteiger charge is -2.42. The van der Waals surface area contributed by atoms with E-state index in [0.29, 0.717) is 11.4 Å². The molecule has 0 aromatic heterocycles. The highest BCUT2D eigenvalue weighted by atomic mass is 16.7. The second kappa shape index (κ2) is 7.06. The topological polar surface area (TPSA) is 103 Å². The van der Waals surface area contributed by atoms with Crippen LogP contribution in [0.4, 0.5) is 5.69 Å². The van der Waals surface area contributed by atoms with Gasteiger partial charge in [0.2, 0.25) is 6.29 Å². The van der Waals surface area contributed by atoms with Crippen molar-refractivity contribution in [1.82, 2.24) is 0 Å². The summed E-state index contributed by atoms with van der Waals surface area (Å²) in [5, 5.41) is 19.7. The minimum Gasteiger partial charge on any atom is -0.462 e. The first-order valence-corrected chi connectivity index (χ1v) is 6.63. The third-order valence-corrected chi connectivity index (χ3v) is 3.47. The van der Waals surface area contributed by atoms with Crippen LogP contribution < -0.4 is 10.5 Å². The number of nitrogen functional groups attached to an aromatic ring is 1. The normalized spacial score (nSPS) is 32.9. The number of hydrogen-bond donors (Lipinski definition) is 3. The fourth-order valence-electron chi connectivity index (χ4n) is 2.38. The van der Waals surface area contributed by atoms with Crippen molar-refractivity contribution < 1.29 is 29.2 Å². The second-order valence-electron chi connectivity index (χ2n) is 4.80. The molecule has 1 heterocycles. The van der Waals surface area contributed by atoms with E-state index in [2.05, 4.69) is 0 Å². The highest BCUT2D eigenvalue weighted by molar-refractivity contribution is 5.41. The summed E-state index contributed by atoms with van der Waals surface area (Å²) in [6, 6.07) is 6.70. The molecule has 0 aliphatic carbocycles. The molecule has 1 aliphatic rings. The molecule has 5 unspecified atom stereocenters. The summed E-state index contributed by atoms with van der Waals surface area (Å²) >= 11 is 0. The van der Waals surface area contributed by atoms with E-state index in [4.69, 9.17) is 24.7 Å². The Hall–Kier alpha value is -1.38. The van der Waals surface area contributed by atoms with E-state index >= 15 is 0 Å². The Morgan fingerprint density at radius 2 is 1.76 bits per heavy atom. The van der Waals surface area contributed by atoms with E-state index in [1.807, 2.05) is 0 Å². The first kappa shape index (κ1) is 16.0. The van der Waals surface area contributed by atoms with Crippen LogP contribution >= 0.6 is 0 Å². The molecule has 7 heteroatoms. The molecule has 1 saturated heterocycles. The van der Waals surface area contributed by atoms with Gasteiger partial charge >= 0.3 is 0 Å². The zero-order chi connectivity index (χ0) is 15.4. The summed E-state index contributed by atoms with van der Waals surface area (Å²) in [4.78, 5) is 0. The monoisotopic (exact) mass is 299 g/mol. The SMILES string of the molecule is COC1C(CO)OC(Oc2ccc(N)cc2)C(O)C1OC. The zero-order valence-corrected chi connectivity index (χ0v) is 12.0. The molecule has 7 nitrogen and oxygen atoms in total. The van der Waals surface area contributed by atoms with Crippen LogP contribution in [0.2, 0.25) is 0 Å². The van der Waals surface area contributed by atoms with Crippen LogP contribution in [0.25, 0.3) is 0 Å². The number of nitrogens with two attached hydrogens (primary N) is 1. The molecule has 0 amide bonds. The van der Waals surface area contributed by atoms with Crippen molar-refractivity contribution >= 4 is 5.69 Å². The average molecular weight is 299 g/mol. The van der Waals surface area contributed by atoms with Crippen molar-refractivity contribution in [2.45, 2.75) is 30.7 Å².